The number of anilines is 1. The van der Waals surface area contributed by atoms with E-state index in [0.29, 0.717) is 46.4 Å². The molecule has 2 heterocycles. The predicted molar refractivity (Wildman–Crippen MR) is 170 cm³/mol. The van der Waals surface area contributed by atoms with Crippen molar-refractivity contribution in [2.24, 2.45) is 0 Å². The number of amides is 1. The van der Waals surface area contributed by atoms with E-state index in [2.05, 4.69) is 15.3 Å². The molecule has 0 fully saturated rings. The highest BCUT2D eigenvalue weighted by atomic mass is 16.5. The van der Waals surface area contributed by atoms with Gasteiger partial charge in [-0.25, -0.2) is 10.3 Å². The second-order valence-corrected chi connectivity index (χ2v) is 9.86. The van der Waals surface area contributed by atoms with Crippen LogP contribution in [0.2, 0.25) is 0 Å². The molecule has 0 atom stereocenters. The van der Waals surface area contributed by atoms with Crippen LogP contribution in [-0.4, -0.2) is 32.2 Å². The van der Waals surface area contributed by atoms with Crippen molar-refractivity contribution in [3.8, 4) is 5.75 Å². The number of carbonyl (C=O) groups is 2. The average Bonchev–Trinajstić information content (AvgIpc) is 3.07. The third-order valence-electron chi connectivity index (χ3n) is 6.83. The fourth-order valence-corrected chi connectivity index (χ4v) is 4.61. The van der Waals surface area contributed by atoms with Gasteiger partial charge in [0.25, 0.3) is 5.91 Å². The van der Waals surface area contributed by atoms with Gasteiger partial charge < -0.3 is 25.1 Å². The van der Waals surface area contributed by atoms with Crippen molar-refractivity contribution in [2.75, 3.05) is 5.32 Å². The van der Waals surface area contributed by atoms with E-state index < -0.39 is 11.9 Å². The van der Waals surface area contributed by atoms with E-state index in [4.69, 9.17) is 15.1 Å². The van der Waals surface area contributed by atoms with Crippen LogP contribution < -0.4 is 26.4 Å². The Morgan fingerprint density at radius 1 is 0.689 bits per heavy atom. The number of fused-ring (bicyclic) bond motifs is 2. The quantitative estimate of drug-likeness (QED) is 0.103. The van der Waals surface area contributed by atoms with Gasteiger partial charge in [0.15, 0.2) is 10.9 Å². The van der Waals surface area contributed by atoms with E-state index in [1.807, 2.05) is 66.7 Å². The van der Waals surface area contributed by atoms with Crippen molar-refractivity contribution in [3.63, 3.8) is 0 Å². The van der Waals surface area contributed by atoms with Crippen molar-refractivity contribution >= 4 is 39.4 Å². The van der Waals surface area contributed by atoms with E-state index in [9.17, 15) is 19.2 Å². The Morgan fingerprint density at radius 2 is 1.27 bits per heavy atom. The smallest absolute Gasteiger partial charge is 0.352 e. The summed E-state index contributed by atoms with van der Waals surface area (Å²) in [5.74, 6) is -1.49. The van der Waals surface area contributed by atoms with Gasteiger partial charge in [0, 0.05) is 29.4 Å². The van der Waals surface area contributed by atoms with Crippen molar-refractivity contribution in [2.45, 2.75) is 13.2 Å². The fourth-order valence-electron chi connectivity index (χ4n) is 4.61. The lowest BCUT2D eigenvalue weighted by molar-refractivity contribution is 0.0687. The van der Waals surface area contributed by atoms with E-state index in [1.54, 1.807) is 30.3 Å². The second kappa shape index (κ2) is 13.8. The molecule has 0 unspecified atom stereocenters. The van der Waals surface area contributed by atoms with Crippen molar-refractivity contribution in [1.29, 1.82) is 0 Å². The Bertz CT molecular complexity index is 2090. The molecule has 4 aromatic carbocycles. The van der Waals surface area contributed by atoms with Gasteiger partial charge in [-0.05, 0) is 35.4 Å². The molecule has 2 aromatic heterocycles. The Hall–Kier alpha value is -6.20. The molecule has 0 saturated heterocycles. The van der Waals surface area contributed by atoms with Gasteiger partial charge in [0.2, 0.25) is 0 Å². The topological polar surface area (TPSA) is 174 Å². The number of nitrogens with one attached hydrogen (secondary N) is 4. The monoisotopic (exact) mass is 604 g/mol. The fraction of sp³-hybridized carbons (Fsp3) is 0.0588. The number of H-pyrrole nitrogens is 2. The maximum Gasteiger partial charge on any atom is 0.352 e. The first-order chi connectivity index (χ1) is 21.8. The van der Waals surface area contributed by atoms with Crippen molar-refractivity contribution in [3.05, 3.63) is 152 Å². The van der Waals surface area contributed by atoms with Crippen molar-refractivity contribution < 1.29 is 24.6 Å². The minimum Gasteiger partial charge on any atom is -0.487 e. The Labute approximate surface area is 255 Å². The number of ether oxygens (including phenoxy) is 1. The normalized spacial score (nSPS) is 10.5. The summed E-state index contributed by atoms with van der Waals surface area (Å²) in [6.45, 7) is 0.914. The van der Waals surface area contributed by atoms with E-state index in [-0.39, 0.29) is 22.2 Å². The van der Waals surface area contributed by atoms with Gasteiger partial charge in [-0.1, -0.05) is 72.8 Å². The zero-order valence-electron chi connectivity index (χ0n) is 23.7. The van der Waals surface area contributed by atoms with Crippen LogP contribution in [0.4, 0.5) is 5.69 Å². The molecule has 0 saturated carbocycles. The van der Waals surface area contributed by atoms with Crippen molar-refractivity contribution in [1.82, 2.24) is 15.4 Å². The number of hydrogen-bond acceptors (Lipinski definition) is 7. The SMILES string of the molecule is O=C(NO)c1cc(=O)c2cccc(OCc3ccccc3)c2[nH]1.O=C(O)c1cc(=O)c2cccc(NCc3ccccc3)c2[nH]1. The first kappa shape index (κ1) is 30.3. The number of aromatic nitrogens is 2. The molecule has 45 heavy (non-hydrogen) atoms. The molecule has 0 aliphatic heterocycles. The Balaban J connectivity index is 0.000000178. The van der Waals surface area contributed by atoms with Crippen LogP contribution in [0.3, 0.4) is 0 Å². The summed E-state index contributed by atoms with van der Waals surface area (Å²) in [7, 11) is 0. The number of aromatic amines is 2. The standard InChI is InChI=1S/C17H14N2O4.C17H14N2O3/c20-14-9-13(17(21)19-22)18-16-12(14)7-4-8-15(16)23-10-11-5-2-1-3-6-11;20-15-9-14(17(21)22)19-16-12(15)7-4-8-13(16)18-10-11-5-2-1-3-6-11/h1-9,22H,10H2,(H,18,20)(H,19,21);1-9,18H,10H2,(H,19,20)(H,21,22). The van der Waals surface area contributed by atoms with Crippen LogP contribution in [-0.2, 0) is 13.2 Å². The van der Waals surface area contributed by atoms with E-state index in [0.717, 1.165) is 23.3 Å². The second-order valence-electron chi connectivity index (χ2n) is 9.86. The lowest BCUT2D eigenvalue weighted by Crippen LogP contribution is -2.22. The van der Waals surface area contributed by atoms with Crippen LogP contribution in [0.1, 0.15) is 32.1 Å². The zero-order chi connectivity index (χ0) is 31.8. The summed E-state index contributed by atoms with van der Waals surface area (Å²) >= 11 is 0. The molecule has 0 spiro atoms. The van der Waals surface area contributed by atoms with Gasteiger partial charge in [-0.3, -0.25) is 19.6 Å². The molecule has 6 aromatic rings. The third-order valence-corrected chi connectivity index (χ3v) is 6.83. The molecule has 11 nitrogen and oxygen atoms in total. The van der Waals surface area contributed by atoms with Gasteiger partial charge in [-0.2, -0.15) is 0 Å². The molecular formula is C34H28N4O7. The summed E-state index contributed by atoms with van der Waals surface area (Å²) < 4.78 is 5.76. The molecule has 6 N–H and O–H groups in total. The van der Waals surface area contributed by atoms with E-state index >= 15 is 0 Å². The average molecular weight is 605 g/mol. The Kier molecular flexibility index (Phi) is 9.31. The van der Waals surface area contributed by atoms with Gasteiger partial charge >= 0.3 is 5.97 Å². The first-order valence-electron chi connectivity index (χ1n) is 13.8. The minimum absolute atomic E-state index is 0.0410. The number of hydroxylamine groups is 1. The highest BCUT2D eigenvalue weighted by molar-refractivity contribution is 5.96. The molecule has 1 amide bonds. The molecule has 0 aliphatic carbocycles. The lowest BCUT2D eigenvalue weighted by Gasteiger charge is -2.10. The molecule has 11 heteroatoms. The first-order valence-corrected chi connectivity index (χ1v) is 13.8. The lowest BCUT2D eigenvalue weighted by atomic mass is 10.1. The highest BCUT2D eigenvalue weighted by Crippen LogP contribution is 2.23. The van der Waals surface area contributed by atoms with Crippen LogP contribution in [0.5, 0.6) is 5.75 Å². The summed E-state index contributed by atoms with van der Waals surface area (Å²) in [4.78, 5) is 52.4. The number of rotatable bonds is 8. The summed E-state index contributed by atoms with van der Waals surface area (Å²) in [6, 6.07) is 32.0. The number of carbonyl (C=O) groups excluding carboxylic acids is 1. The van der Waals surface area contributed by atoms with Gasteiger partial charge in [0.1, 0.15) is 23.7 Å². The molecule has 0 bridgehead atoms. The van der Waals surface area contributed by atoms with Crippen LogP contribution in [0, 0.1) is 0 Å². The van der Waals surface area contributed by atoms with Gasteiger partial charge in [0.05, 0.1) is 16.7 Å². The number of para-hydroxylation sites is 2. The molecule has 0 radical (unpaired) electrons. The summed E-state index contributed by atoms with van der Waals surface area (Å²) in [5, 5.41) is 21.9. The maximum atomic E-state index is 12.1. The number of benzene rings is 4. The number of carboxylic acid groups (broad SMARTS) is 1. The number of carboxylic acids is 1. The molecule has 226 valence electrons. The highest BCUT2D eigenvalue weighted by Gasteiger charge is 2.13. The maximum absolute atomic E-state index is 12.1. The predicted octanol–water partition coefficient (Wildman–Crippen LogP) is 5.06. The number of hydrogen-bond donors (Lipinski definition) is 6. The van der Waals surface area contributed by atoms with Crippen LogP contribution in [0.25, 0.3) is 21.8 Å². The minimum atomic E-state index is -1.16. The van der Waals surface area contributed by atoms with Gasteiger partial charge in [-0.15, -0.1) is 0 Å². The zero-order valence-corrected chi connectivity index (χ0v) is 23.7. The Morgan fingerprint density at radius 3 is 1.91 bits per heavy atom. The largest absolute Gasteiger partial charge is 0.487 e. The third kappa shape index (κ3) is 7.24. The molecular weight excluding hydrogens is 576 g/mol. The number of aromatic carboxylic acids is 1. The van der Waals surface area contributed by atoms with Crippen LogP contribution in [0.15, 0.2) is 119 Å². The van der Waals surface area contributed by atoms with E-state index in [1.165, 1.54) is 5.48 Å². The summed E-state index contributed by atoms with van der Waals surface area (Å²) in [5.41, 5.74) is 4.39. The van der Waals surface area contributed by atoms with Crippen LogP contribution >= 0.6 is 0 Å². The number of pyridine rings is 2. The molecule has 6 rings (SSSR count). The summed E-state index contributed by atoms with van der Waals surface area (Å²) in [6.07, 6.45) is 0. The molecule has 0 aliphatic rings.